The van der Waals surface area contributed by atoms with Crippen molar-refractivity contribution in [3.05, 3.63) is 104 Å². The van der Waals surface area contributed by atoms with Crippen molar-refractivity contribution in [3.63, 3.8) is 0 Å². The summed E-state index contributed by atoms with van der Waals surface area (Å²) in [5.41, 5.74) is 3.87. The van der Waals surface area contributed by atoms with E-state index in [4.69, 9.17) is 9.47 Å². The Morgan fingerprint density at radius 1 is 0.525 bits per heavy atom. The van der Waals surface area contributed by atoms with E-state index >= 15 is 0 Å². The van der Waals surface area contributed by atoms with Gasteiger partial charge in [0.1, 0.15) is 34.5 Å². The third-order valence-electron chi connectivity index (χ3n) is 7.84. The Hall–Kier alpha value is -4.98. The fourth-order valence-corrected chi connectivity index (χ4v) is 6.41. The van der Waals surface area contributed by atoms with E-state index in [2.05, 4.69) is 0 Å². The molecule has 0 heterocycles. The monoisotopic (exact) mass is 538 g/mol. The molecule has 0 fully saturated rings. The molecule has 0 bridgehead atoms. The van der Waals surface area contributed by atoms with Crippen molar-refractivity contribution in [2.45, 2.75) is 25.7 Å². The smallest absolute Gasteiger partial charge is 0.201 e. The molecule has 2 aliphatic rings. The quantitative estimate of drug-likeness (QED) is 0.280. The van der Waals surface area contributed by atoms with Crippen LogP contribution in [-0.4, -0.2) is 46.2 Å². The van der Waals surface area contributed by atoms with Crippen molar-refractivity contribution >= 4 is 11.6 Å². The van der Waals surface area contributed by atoms with Gasteiger partial charge in [-0.1, -0.05) is 12.1 Å². The van der Waals surface area contributed by atoms with Crippen molar-refractivity contribution in [2.75, 3.05) is 14.2 Å². The van der Waals surface area contributed by atoms with Gasteiger partial charge in [0, 0.05) is 24.0 Å². The van der Waals surface area contributed by atoms with Gasteiger partial charge in [0.05, 0.1) is 36.5 Å². The lowest BCUT2D eigenvalue weighted by Gasteiger charge is -2.39. The number of hydrogen-bond acceptors (Lipinski definition) is 8. The van der Waals surface area contributed by atoms with Crippen LogP contribution in [0, 0.1) is 13.8 Å². The van der Waals surface area contributed by atoms with Crippen LogP contribution in [0.4, 0.5) is 0 Å². The molecule has 0 radical (unpaired) electrons. The molecule has 2 aliphatic carbocycles. The number of phenols is 4. The second kappa shape index (κ2) is 8.77. The Bertz CT molecular complexity index is 1650. The fourth-order valence-electron chi connectivity index (χ4n) is 6.41. The second-order valence-corrected chi connectivity index (χ2v) is 10.3. The lowest BCUT2D eigenvalue weighted by Crippen LogP contribution is -2.30. The topological polar surface area (TPSA) is 134 Å². The minimum absolute atomic E-state index is 0.00134. The molecule has 4 aromatic carbocycles. The van der Waals surface area contributed by atoms with Gasteiger partial charge >= 0.3 is 0 Å². The van der Waals surface area contributed by atoms with Crippen LogP contribution in [0.3, 0.4) is 0 Å². The summed E-state index contributed by atoms with van der Waals surface area (Å²) in [5, 5.41) is 43.0. The van der Waals surface area contributed by atoms with E-state index in [-0.39, 0.29) is 33.8 Å². The molecular weight excluding hydrogens is 512 g/mol. The van der Waals surface area contributed by atoms with E-state index < -0.39 is 34.9 Å². The van der Waals surface area contributed by atoms with Gasteiger partial charge in [0.2, 0.25) is 11.6 Å². The molecule has 0 aromatic heterocycles. The molecule has 2 atom stereocenters. The Morgan fingerprint density at radius 2 is 0.875 bits per heavy atom. The second-order valence-electron chi connectivity index (χ2n) is 10.3. The standard InChI is InChI=1S/C32H26O8/c1-13-5-17-25(19-9-15(33)11-21(35)27(19)31(37)29(17)23(7-13)39-3)26-18-6-14(2)8-24(40-4)30(18)32(38)28-20(26)10-16(34)12-22(28)36/h5-12,25-26,33-36H,1-4H3/t25-,26-/m0/s1. The summed E-state index contributed by atoms with van der Waals surface area (Å²) in [4.78, 5) is 27.8. The average Bonchev–Trinajstić information content (AvgIpc) is 2.88. The first kappa shape index (κ1) is 25.3. The number of benzene rings is 4. The van der Waals surface area contributed by atoms with E-state index in [1.165, 1.54) is 26.4 Å². The highest BCUT2D eigenvalue weighted by Crippen LogP contribution is 2.57. The summed E-state index contributed by atoms with van der Waals surface area (Å²) in [6.45, 7) is 3.72. The molecule has 6 rings (SSSR count). The SMILES string of the molecule is COc1cc(C)cc2c1C(=O)c1c(O)cc(O)cc1[C@H]2[C@@H]1c2cc(O)cc(O)c2C(=O)c2c(OC)cc(C)cc21. The number of carbonyl (C=O) groups excluding carboxylic acids is 2. The largest absolute Gasteiger partial charge is 0.508 e. The van der Waals surface area contributed by atoms with Crippen molar-refractivity contribution in [2.24, 2.45) is 0 Å². The Labute approximate surface area is 229 Å². The van der Waals surface area contributed by atoms with Gasteiger partial charge in [-0.2, -0.15) is 0 Å². The van der Waals surface area contributed by atoms with Crippen molar-refractivity contribution in [1.29, 1.82) is 0 Å². The Balaban J connectivity index is 1.81. The number of ketones is 2. The van der Waals surface area contributed by atoms with Gasteiger partial charge < -0.3 is 29.9 Å². The third kappa shape index (κ3) is 3.45. The van der Waals surface area contributed by atoms with Crippen LogP contribution >= 0.6 is 0 Å². The Kier molecular flexibility index (Phi) is 5.55. The minimum Gasteiger partial charge on any atom is -0.508 e. The zero-order chi connectivity index (χ0) is 28.6. The summed E-state index contributed by atoms with van der Waals surface area (Å²) in [7, 11) is 2.91. The van der Waals surface area contributed by atoms with E-state index in [9.17, 15) is 30.0 Å². The van der Waals surface area contributed by atoms with E-state index in [0.717, 1.165) is 23.3 Å². The van der Waals surface area contributed by atoms with Crippen molar-refractivity contribution < 1.29 is 39.5 Å². The maximum Gasteiger partial charge on any atom is 0.201 e. The molecule has 0 spiro atoms. The predicted octanol–water partition coefficient (Wildman–Crippen LogP) is 5.20. The third-order valence-corrected chi connectivity index (χ3v) is 7.84. The van der Waals surface area contributed by atoms with Gasteiger partial charge in [-0.3, -0.25) is 9.59 Å². The highest BCUT2D eigenvalue weighted by Gasteiger charge is 2.46. The van der Waals surface area contributed by atoms with Crippen LogP contribution in [0.25, 0.3) is 0 Å². The molecule has 4 aromatic rings. The molecular formula is C32H26O8. The van der Waals surface area contributed by atoms with Crippen LogP contribution in [-0.2, 0) is 0 Å². The molecule has 40 heavy (non-hydrogen) atoms. The maximum absolute atomic E-state index is 13.9. The number of hydrogen-bond donors (Lipinski definition) is 4. The first-order valence-corrected chi connectivity index (χ1v) is 12.6. The van der Waals surface area contributed by atoms with Gasteiger partial charge in [0.15, 0.2) is 0 Å². The maximum atomic E-state index is 13.9. The van der Waals surface area contributed by atoms with Gasteiger partial charge in [0.25, 0.3) is 0 Å². The Morgan fingerprint density at radius 3 is 1.23 bits per heavy atom. The summed E-state index contributed by atoms with van der Waals surface area (Å²) in [6, 6.07) is 12.2. The number of carbonyl (C=O) groups is 2. The lowest BCUT2D eigenvalue weighted by molar-refractivity contribution is 0.101. The van der Waals surface area contributed by atoms with Crippen LogP contribution in [0.15, 0.2) is 48.5 Å². The molecule has 202 valence electrons. The number of rotatable bonds is 3. The zero-order valence-electron chi connectivity index (χ0n) is 22.2. The molecule has 8 heteroatoms. The molecule has 0 unspecified atom stereocenters. The molecule has 4 N–H and O–H groups in total. The van der Waals surface area contributed by atoms with Crippen LogP contribution in [0.5, 0.6) is 34.5 Å². The summed E-state index contributed by atoms with van der Waals surface area (Å²) in [5.74, 6) is -3.10. The number of methoxy groups -OCH3 is 2. The van der Waals surface area contributed by atoms with E-state index in [0.29, 0.717) is 33.8 Å². The first-order chi connectivity index (χ1) is 19.0. The molecule has 0 saturated heterocycles. The molecule has 0 aliphatic heterocycles. The van der Waals surface area contributed by atoms with Gasteiger partial charge in [-0.15, -0.1) is 0 Å². The van der Waals surface area contributed by atoms with Crippen LogP contribution in [0.1, 0.15) is 77.1 Å². The molecule has 0 saturated carbocycles. The predicted molar refractivity (Wildman–Crippen MR) is 146 cm³/mol. The summed E-state index contributed by atoms with van der Waals surface area (Å²) >= 11 is 0. The fraction of sp³-hybridized carbons (Fsp3) is 0.188. The number of phenolic OH excluding ortho intramolecular Hbond substituents is 4. The highest BCUT2D eigenvalue weighted by molar-refractivity contribution is 6.18. The number of ether oxygens (including phenoxy) is 2. The van der Waals surface area contributed by atoms with Gasteiger partial charge in [-0.25, -0.2) is 0 Å². The normalized spacial score (nSPS) is 17.0. The van der Waals surface area contributed by atoms with Gasteiger partial charge in [-0.05, 0) is 71.5 Å². The number of fused-ring (bicyclic) bond motifs is 4. The van der Waals surface area contributed by atoms with E-state index in [1.54, 1.807) is 12.1 Å². The number of aromatic hydroxyl groups is 4. The first-order valence-electron chi connectivity index (χ1n) is 12.6. The molecule has 0 amide bonds. The van der Waals surface area contributed by atoms with Crippen LogP contribution < -0.4 is 9.47 Å². The average molecular weight is 539 g/mol. The van der Waals surface area contributed by atoms with Crippen molar-refractivity contribution in [3.8, 4) is 34.5 Å². The van der Waals surface area contributed by atoms with Crippen molar-refractivity contribution in [1.82, 2.24) is 0 Å². The minimum atomic E-state index is -0.757. The zero-order valence-corrected chi connectivity index (χ0v) is 22.2. The lowest BCUT2D eigenvalue weighted by atomic mass is 9.63. The highest BCUT2D eigenvalue weighted by atomic mass is 16.5. The summed E-state index contributed by atoms with van der Waals surface area (Å²) in [6.07, 6.45) is 0. The molecule has 8 nitrogen and oxygen atoms in total. The number of aryl methyl sites for hydroxylation is 2. The van der Waals surface area contributed by atoms with E-state index in [1.807, 2.05) is 26.0 Å². The van der Waals surface area contributed by atoms with Crippen LogP contribution in [0.2, 0.25) is 0 Å². The summed E-state index contributed by atoms with van der Waals surface area (Å²) < 4.78 is 11.2.